The smallest absolute Gasteiger partial charge is 0.326 e. The molecule has 0 aliphatic rings. The van der Waals surface area contributed by atoms with Gasteiger partial charge in [0.1, 0.15) is 17.8 Å². The minimum atomic E-state index is -1.16. The topological polar surface area (TPSA) is 168 Å². The van der Waals surface area contributed by atoms with Crippen molar-refractivity contribution >= 4 is 30.4 Å². The van der Waals surface area contributed by atoms with Gasteiger partial charge in [0, 0.05) is 12.2 Å². The molecule has 0 spiro atoms. The van der Waals surface area contributed by atoms with Gasteiger partial charge in [-0.2, -0.15) is 12.6 Å². The van der Waals surface area contributed by atoms with E-state index in [4.69, 9.17) is 11.5 Å². The van der Waals surface area contributed by atoms with Crippen molar-refractivity contribution in [2.75, 3.05) is 12.3 Å². The molecule has 2 amide bonds. The number of nitrogens with two attached hydrogens (primary N) is 2. The molecular formula is C18H28N4O5S. The number of hydrogen-bond donors (Lipinski definition) is 7. The van der Waals surface area contributed by atoms with Crippen LogP contribution < -0.4 is 22.1 Å². The average molecular weight is 413 g/mol. The highest BCUT2D eigenvalue weighted by Crippen LogP contribution is 2.12. The minimum absolute atomic E-state index is 0.0664. The largest absolute Gasteiger partial charge is 0.508 e. The predicted molar refractivity (Wildman–Crippen MR) is 108 cm³/mol. The molecule has 3 atom stereocenters. The number of thiol groups is 1. The van der Waals surface area contributed by atoms with Gasteiger partial charge in [0.05, 0.1) is 6.04 Å². The highest BCUT2D eigenvalue weighted by atomic mass is 32.1. The molecule has 8 N–H and O–H groups in total. The van der Waals surface area contributed by atoms with Crippen LogP contribution in [0.1, 0.15) is 24.8 Å². The molecule has 0 unspecified atom stereocenters. The summed E-state index contributed by atoms with van der Waals surface area (Å²) in [6.07, 6.45) is 1.53. The molecule has 0 aliphatic heterocycles. The Balaban J connectivity index is 2.90. The monoisotopic (exact) mass is 412 g/mol. The lowest BCUT2D eigenvalue weighted by Gasteiger charge is -2.23. The maximum absolute atomic E-state index is 12.7. The van der Waals surface area contributed by atoms with Gasteiger partial charge < -0.3 is 32.3 Å². The Labute approximate surface area is 169 Å². The van der Waals surface area contributed by atoms with Gasteiger partial charge in [0.25, 0.3) is 0 Å². The second-order valence-corrected chi connectivity index (χ2v) is 6.77. The van der Waals surface area contributed by atoms with Crippen molar-refractivity contribution in [2.24, 2.45) is 11.5 Å². The van der Waals surface area contributed by atoms with Crippen LogP contribution in [-0.4, -0.2) is 58.4 Å². The fourth-order valence-electron chi connectivity index (χ4n) is 2.46. The average Bonchev–Trinajstić information content (AvgIpc) is 2.67. The van der Waals surface area contributed by atoms with Crippen molar-refractivity contribution in [1.29, 1.82) is 0 Å². The van der Waals surface area contributed by atoms with Gasteiger partial charge in [-0.3, -0.25) is 9.59 Å². The van der Waals surface area contributed by atoms with Crippen LogP contribution in [0.15, 0.2) is 24.3 Å². The molecule has 0 saturated heterocycles. The maximum atomic E-state index is 12.7. The summed E-state index contributed by atoms with van der Waals surface area (Å²) in [5.41, 5.74) is 11.7. The number of carboxylic acid groups (broad SMARTS) is 1. The van der Waals surface area contributed by atoms with Crippen LogP contribution >= 0.6 is 12.6 Å². The Morgan fingerprint density at radius 3 is 2.18 bits per heavy atom. The Kier molecular flexibility index (Phi) is 10.4. The van der Waals surface area contributed by atoms with E-state index in [1.807, 2.05) is 0 Å². The number of carbonyl (C=O) groups is 3. The number of benzene rings is 1. The first-order valence-corrected chi connectivity index (χ1v) is 9.59. The van der Waals surface area contributed by atoms with Gasteiger partial charge in [-0.1, -0.05) is 12.1 Å². The number of aliphatic carboxylic acids is 1. The predicted octanol–water partition coefficient (Wildman–Crippen LogP) is -0.625. The highest BCUT2D eigenvalue weighted by molar-refractivity contribution is 7.80. The molecule has 0 aromatic heterocycles. The van der Waals surface area contributed by atoms with E-state index in [2.05, 4.69) is 23.3 Å². The highest BCUT2D eigenvalue weighted by Gasteiger charge is 2.27. The van der Waals surface area contributed by atoms with Gasteiger partial charge in [-0.25, -0.2) is 4.79 Å². The van der Waals surface area contributed by atoms with Crippen molar-refractivity contribution in [1.82, 2.24) is 10.6 Å². The second kappa shape index (κ2) is 12.2. The molecule has 1 aromatic carbocycles. The van der Waals surface area contributed by atoms with E-state index in [-0.39, 0.29) is 24.3 Å². The third-order valence-corrected chi connectivity index (χ3v) is 4.50. The van der Waals surface area contributed by atoms with E-state index in [9.17, 15) is 24.6 Å². The van der Waals surface area contributed by atoms with E-state index < -0.39 is 35.9 Å². The van der Waals surface area contributed by atoms with Crippen molar-refractivity contribution < 1.29 is 24.6 Å². The zero-order valence-electron chi connectivity index (χ0n) is 15.5. The molecule has 0 fully saturated rings. The van der Waals surface area contributed by atoms with Crippen LogP contribution in [0, 0.1) is 0 Å². The van der Waals surface area contributed by atoms with E-state index in [0.29, 0.717) is 24.9 Å². The summed E-state index contributed by atoms with van der Waals surface area (Å²) in [4.78, 5) is 36.2. The number of phenols is 1. The lowest BCUT2D eigenvalue weighted by molar-refractivity contribution is -0.142. The summed E-state index contributed by atoms with van der Waals surface area (Å²) in [5, 5.41) is 23.7. The fourth-order valence-corrected chi connectivity index (χ4v) is 2.63. The van der Waals surface area contributed by atoms with E-state index in [1.165, 1.54) is 12.1 Å². The summed E-state index contributed by atoms with van der Waals surface area (Å²) in [7, 11) is 0. The van der Waals surface area contributed by atoms with Crippen LogP contribution in [0.25, 0.3) is 0 Å². The molecule has 9 nitrogen and oxygen atoms in total. The first-order chi connectivity index (χ1) is 13.3. The van der Waals surface area contributed by atoms with Gasteiger partial charge >= 0.3 is 5.97 Å². The lowest BCUT2D eigenvalue weighted by atomic mass is 10.0. The SMILES string of the molecule is NCCCC[C@@H](NC(=O)[C@H](Cc1ccc(O)cc1)NC(=O)[C@H](N)CS)C(=O)O. The van der Waals surface area contributed by atoms with Crippen molar-refractivity contribution in [3.8, 4) is 5.75 Å². The molecule has 1 rings (SSSR count). The number of unbranched alkanes of at least 4 members (excludes halogenated alkanes) is 1. The summed E-state index contributed by atoms with van der Waals surface area (Å²) in [6.45, 7) is 0.432. The normalized spacial score (nSPS) is 14.0. The van der Waals surface area contributed by atoms with Crippen LogP contribution in [0.2, 0.25) is 0 Å². The zero-order valence-corrected chi connectivity index (χ0v) is 16.4. The van der Waals surface area contributed by atoms with Crippen molar-refractivity contribution in [2.45, 2.75) is 43.8 Å². The van der Waals surface area contributed by atoms with E-state index in [0.717, 1.165) is 0 Å². The molecule has 0 radical (unpaired) electrons. The minimum Gasteiger partial charge on any atom is -0.508 e. The number of nitrogens with one attached hydrogen (secondary N) is 2. The first kappa shape index (κ1) is 23.7. The third kappa shape index (κ3) is 8.15. The quantitative estimate of drug-likeness (QED) is 0.177. The van der Waals surface area contributed by atoms with Gasteiger partial charge in [-0.05, 0) is 43.5 Å². The number of rotatable bonds is 12. The Morgan fingerprint density at radius 2 is 1.64 bits per heavy atom. The Bertz CT molecular complexity index is 656. The third-order valence-electron chi connectivity index (χ3n) is 4.10. The van der Waals surface area contributed by atoms with Crippen molar-refractivity contribution in [3.63, 3.8) is 0 Å². The molecule has 10 heteroatoms. The number of phenolic OH excluding ortho intramolecular Hbond substituents is 1. The summed E-state index contributed by atoms with van der Waals surface area (Å²) >= 11 is 3.97. The van der Waals surface area contributed by atoms with Gasteiger partial charge in [0.2, 0.25) is 11.8 Å². The molecule has 0 bridgehead atoms. The summed E-state index contributed by atoms with van der Waals surface area (Å²) < 4.78 is 0. The Hall–Kier alpha value is -2.30. The molecule has 0 heterocycles. The molecule has 156 valence electrons. The summed E-state index contributed by atoms with van der Waals surface area (Å²) in [6, 6.07) is 3.11. The van der Waals surface area contributed by atoms with Crippen LogP contribution in [0.3, 0.4) is 0 Å². The Morgan fingerprint density at radius 1 is 1.04 bits per heavy atom. The van der Waals surface area contributed by atoms with Crippen LogP contribution in [0.5, 0.6) is 5.75 Å². The van der Waals surface area contributed by atoms with Gasteiger partial charge in [0.15, 0.2) is 0 Å². The molecule has 1 aromatic rings. The van der Waals surface area contributed by atoms with Gasteiger partial charge in [-0.15, -0.1) is 0 Å². The number of carbonyl (C=O) groups excluding carboxylic acids is 2. The number of aromatic hydroxyl groups is 1. The molecule has 28 heavy (non-hydrogen) atoms. The lowest BCUT2D eigenvalue weighted by Crippen LogP contribution is -2.55. The maximum Gasteiger partial charge on any atom is 0.326 e. The fraction of sp³-hybridized carbons (Fsp3) is 0.500. The van der Waals surface area contributed by atoms with Crippen LogP contribution in [-0.2, 0) is 20.8 Å². The molecule has 0 saturated carbocycles. The van der Waals surface area contributed by atoms with Crippen LogP contribution in [0.4, 0.5) is 0 Å². The van der Waals surface area contributed by atoms with Crippen molar-refractivity contribution in [3.05, 3.63) is 29.8 Å². The number of carboxylic acids is 1. The number of amides is 2. The zero-order chi connectivity index (χ0) is 21.1. The van der Waals surface area contributed by atoms with E-state index in [1.54, 1.807) is 12.1 Å². The summed E-state index contributed by atoms with van der Waals surface area (Å²) in [5.74, 6) is -2.20. The second-order valence-electron chi connectivity index (χ2n) is 6.40. The standard InChI is InChI=1S/C18H28N4O5S/c19-8-2-1-3-14(18(26)27)21-17(25)15(22-16(24)13(20)10-28)9-11-4-6-12(23)7-5-11/h4-7,13-15,23,28H,1-3,8-10,19-20H2,(H,21,25)(H,22,24)(H,26,27)/t13-,14-,15+/m1/s1. The molecular weight excluding hydrogens is 384 g/mol. The number of hydrogen-bond acceptors (Lipinski definition) is 7. The van der Waals surface area contributed by atoms with E-state index >= 15 is 0 Å². The molecule has 0 aliphatic carbocycles. The first-order valence-electron chi connectivity index (χ1n) is 8.96.